The molecule has 98 valence electrons. The van der Waals surface area contributed by atoms with Crippen LogP contribution in [0.15, 0.2) is 48.5 Å². The zero-order chi connectivity index (χ0) is 13.7. The molecule has 0 atom stereocenters. The lowest BCUT2D eigenvalue weighted by atomic mass is 10.2. The van der Waals surface area contributed by atoms with Crippen molar-refractivity contribution in [2.75, 3.05) is 11.9 Å². The molecule has 19 heavy (non-hydrogen) atoms. The summed E-state index contributed by atoms with van der Waals surface area (Å²) in [6.45, 7) is 1.94. The third-order valence-electron chi connectivity index (χ3n) is 2.49. The van der Waals surface area contributed by atoms with Gasteiger partial charge in [0, 0.05) is 10.7 Å². The van der Waals surface area contributed by atoms with Gasteiger partial charge >= 0.3 is 0 Å². The molecule has 0 aliphatic rings. The second-order valence-electron chi connectivity index (χ2n) is 4.16. The number of carbonyl (C=O) groups excluding carboxylic acids is 1. The van der Waals surface area contributed by atoms with Crippen LogP contribution in [0, 0.1) is 6.92 Å². The summed E-state index contributed by atoms with van der Waals surface area (Å²) < 4.78 is 5.35. The van der Waals surface area contributed by atoms with Crippen molar-refractivity contribution in [3.8, 4) is 5.75 Å². The van der Waals surface area contributed by atoms with Crippen molar-refractivity contribution in [2.24, 2.45) is 0 Å². The summed E-state index contributed by atoms with van der Waals surface area (Å²) >= 11 is 5.76. The average Bonchev–Trinajstić information content (AvgIpc) is 2.38. The summed E-state index contributed by atoms with van der Waals surface area (Å²) in [6, 6.07) is 14.5. The number of carbonyl (C=O) groups is 1. The highest BCUT2D eigenvalue weighted by molar-refractivity contribution is 6.30. The lowest BCUT2D eigenvalue weighted by Gasteiger charge is -2.08. The van der Waals surface area contributed by atoms with Crippen LogP contribution in [0.25, 0.3) is 0 Å². The molecule has 0 aromatic heterocycles. The maximum Gasteiger partial charge on any atom is 0.262 e. The third-order valence-corrected chi connectivity index (χ3v) is 2.74. The van der Waals surface area contributed by atoms with Gasteiger partial charge in [-0.1, -0.05) is 23.7 Å². The Morgan fingerprint density at radius 3 is 2.63 bits per heavy atom. The molecular weight excluding hydrogens is 262 g/mol. The average molecular weight is 276 g/mol. The van der Waals surface area contributed by atoms with Crippen molar-refractivity contribution in [3.05, 3.63) is 59.1 Å². The van der Waals surface area contributed by atoms with Crippen LogP contribution in [-0.2, 0) is 4.79 Å². The van der Waals surface area contributed by atoms with E-state index in [2.05, 4.69) is 5.32 Å². The Bertz CT molecular complexity index is 567. The molecule has 2 rings (SSSR count). The van der Waals surface area contributed by atoms with Gasteiger partial charge in [-0.25, -0.2) is 0 Å². The highest BCUT2D eigenvalue weighted by atomic mass is 35.5. The molecule has 0 saturated heterocycles. The van der Waals surface area contributed by atoms with Crippen molar-refractivity contribution >= 4 is 23.2 Å². The van der Waals surface area contributed by atoms with Crippen LogP contribution in [-0.4, -0.2) is 12.5 Å². The normalized spacial score (nSPS) is 10.0. The molecule has 0 aliphatic heterocycles. The number of benzene rings is 2. The smallest absolute Gasteiger partial charge is 0.262 e. The van der Waals surface area contributed by atoms with Gasteiger partial charge in [0.15, 0.2) is 6.61 Å². The van der Waals surface area contributed by atoms with Crippen LogP contribution in [0.2, 0.25) is 5.02 Å². The lowest BCUT2D eigenvalue weighted by molar-refractivity contribution is -0.118. The molecule has 0 unspecified atom stereocenters. The molecule has 2 aromatic carbocycles. The number of halogens is 1. The zero-order valence-electron chi connectivity index (χ0n) is 10.5. The van der Waals surface area contributed by atoms with E-state index in [0.29, 0.717) is 10.8 Å². The zero-order valence-corrected chi connectivity index (χ0v) is 11.3. The van der Waals surface area contributed by atoms with E-state index in [9.17, 15) is 4.79 Å². The first-order valence-electron chi connectivity index (χ1n) is 5.88. The van der Waals surface area contributed by atoms with E-state index < -0.39 is 0 Å². The maximum absolute atomic E-state index is 11.7. The highest BCUT2D eigenvalue weighted by Gasteiger charge is 2.03. The van der Waals surface area contributed by atoms with Gasteiger partial charge in [-0.15, -0.1) is 0 Å². The van der Waals surface area contributed by atoms with Crippen molar-refractivity contribution < 1.29 is 9.53 Å². The van der Waals surface area contributed by atoms with Crippen molar-refractivity contribution in [3.63, 3.8) is 0 Å². The predicted octanol–water partition coefficient (Wildman–Crippen LogP) is 3.67. The molecule has 0 radical (unpaired) electrons. The fourth-order valence-corrected chi connectivity index (χ4v) is 1.73. The first kappa shape index (κ1) is 13.4. The van der Waals surface area contributed by atoms with E-state index in [4.69, 9.17) is 16.3 Å². The molecule has 0 heterocycles. The molecule has 4 heteroatoms. The number of hydrogen-bond donors (Lipinski definition) is 1. The molecule has 0 fully saturated rings. The molecule has 2 aromatic rings. The topological polar surface area (TPSA) is 38.3 Å². The Hall–Kier alpha value is -2.00. The first-order valence-corrected chi connectivity index (χ1v) is 6.26. The van der Waals surface area contributed by atoms with Crippen LogP contribution in [0.1, 0.15) is 5.56 Å². The van der Waals surface area contributed by atoms with Crippen LogP contribution < -0.4 is 10.1 Å². The number of anilines is 1. The summed E-state index contributed by atoms with van der Waals surface area (Å²) in [5.74, 6) is 0.421. The SMILES string of the molecule is Cc1cccc(NC(=O)COc2ccc(Cl)cc2)c1. The minimum atomic E-state index is -0.194. The Morgan fingerprint density at radius 2 is 1.95 bits per heavy atom. The summed E-state index contributed by atoms with van der Waals surface area (Å²) in [5, 5.41) is 3.41. The lowest BCUT2D eigenvalue weighted by Crippen LogP contribution is -2.20. The van der Waals surface area contributed by atoms with Crippen LogP contribution >= 0.6 is 11.6 Å². The maximum atomic E-state index is 11.7. The summed E-state index contributed by atoms with van der Waals surface area (Å²) in [6.07, 6.45) is 0. The Balaban J connectivity index is 1.86. The number of rotatable bonds is 4. The molecule has 0 spiro atoms. The van der Waals surface area contributed by atoms with Gasteiger partial charge in [0.25, 0.3) is 5.91 Å². The standard InChI is InChI=1S/C15H14ClNO2/c1-11-3-2-4-13(9-11)17-15(18)10-19-14-7-5-12(16)6-8-14/h2-9H,10H2,1H3,(H,17,18). The Morgan fingerprint density at radius 1 is 1.21 bits per heavy atom. The van der Waals surface area contributed by atoms with Crippen molar-refractivity contribution in [1.29, 1.82) is 0 Å². The van der Waals surface area contributed by atoms with Crippen molar-refractivity contribution in [2.45, 2.75) is 6.92 Å². The number of aryl methyl sites for hydroxylation is 1. The molecular formula is C15H14ClNO2. The minimum absolute atomic E-state index is 0.0322. The van der Waals surface area contributed by atoms with Gasteiger partial charge < -0.3 is 10.1 Å². The van der Waals surface area contributed by atoms with Gasteiger partial charge in [0.2, 0.25) is 0 Å². The molecule has 1 N–H and O–H groups in total. The van der Waals surface area contributed by atoms with Gasteiger partial charge in [-0.05, 0) is 48.9 Å². The van der Waals surface area contributed by atoms with E-state index >= 15 is 0 Å². The molecule has 1 amide bonds. The molecule has 0 bridgehead atoms. The van der Waals surface area contributed by atoms with Crippen LogP contribution in [0.3, 0.4) is 0 Å². The fourth-order valence-electron chi connectivity index (χ4n) is 1.60. The summed E-state index contributed by atoms with van der Waals surface area (Å²) in [7, 11) is 0. The predicted molar refractivity (Wildman–Crippen MR) is 76.8 cm³/mol. The second kappa shape index (κ2) is 6.25. The van der Waals surface area contributed by atoms with Gasteiger partial charge in [0.1, 0.15) is 5.75 Å². The number of nitrogens with one attached hydrogen (secondary N) is 1. The van der Waals surface area contributed by atoms with Crippen LogP contribution in [0.4, 0.5) is 5.69 Å². The quantitative estimate of drug-likeness (QED) is 0.925. The van der Waals surface area contributed by atoms with Gasteiger partial charge in [-0.3, -0.25) is 4.79 Å². The van der Waals surface area contributed by atoms with E-state index in [1.165, 1.54) is 0 Å². The summed E-state index contributed by atoms with van der Waals surface area (Å²) in [4.78, 5) is 11.7. The van der Waals surface area contributed by atoms with E-state index in [-0.39, 0.29) is 12.5 Å². The molecule has 3 nitrogen and oxygen atoms in total. The van der Waals surface area contributed by atoms with Gasteiger partial charge in [-0.2, -0.15) is 0 Å². The summed E-state index contributed by atoms with van der Waals surface area (Å²) in [5.41, 5.74) is 1.86. The minimum Gasteiger partial charge on any atom is -0.484 e. The first-order chi connectivity index (χ1) is 9.13. The van der Waals surface area contributed by atoms with E-state index in [0.717, 1.165) is 11.3 Å². The monoisotopic (exact) mass is 275 g/mol. The molecule has 0 saturated carbocycles. The largest absolute Gasteiger partial charge is 0.484 e. The van der Waals surface area contributed by atoms with Gasteiger partial charge in [0.05, 0.1) is 0 Å². The number of hydrogen-bond acceptors (Lipinski definition) is 2. The third kappa shape index (κ3) is 4.30. The Kier molecular flexibility index (Phi) is 4.42. The van der Waals surface area contributed by atoms with E-state index in [1.54, 1.807) is 24.3 Å². The number of ether oxygens (including phenoxy) is 1. The molecule has 0 aliphatic carbocycles. The fraction of sp³-hybridized carbons (Fsp3) is 0.133. The van der Waals surface area contributed by atoms with E-state index in [1.807, 2.05) is 31.2 Å². The Labute approximate surface area is 117 Å². The van der Waals surface area contributed by atoms with Crippen molar-refractivity contribution in [1.82, 2.24) is 0 Å². The highest BCUT2D eigenvalue weighted by Crippen LogP contribution is 2.15. The van der Waals surface area contributed by atoms with Crippen LogP contribution in [0.5, 0.6) is 5.75 Å². The number of amides is 1. The second-order valence-corrected chi connectivity index (χ2v) is 4.60.